The summed E-state index contributed by atoms with van der Waals surface area (Å²) < 4.78 is 19.5. The first kappa shape index (κ1) is 20.9. The van der Waals surface area contributed by atoms with Crippen molar-refractivity contribution in [3.63, 3.8) is 0 Å². The first-order chi connectivity index (χ1) is 15.0. The van der Waals surface area contributed by atoms with Gasteiger partial charge in [-0.1, -0.05) is 12.1 Å². The zero-order chi connectivity index (χ0) is 21.8. The minimum atomic E-state index is -0.311. The van der Waals surface area contributed by atoms with E-state index in [4.69, 9.17) is 4.74 Å². The third-order valence-electron chi connectivity index (χ3n) is 5.28. The summed E-state index contributed by atoms with van der Waals surface area (Å²) in [6.45, 7) is 3.32. The molecule has 6 nitrogen and oxygen atoms in total. The largest absolute Gasteiger partial charge is 0.373 e. The zero-order valence-electron chi connectivity index (χ0n) is 17.6. The van der Waals surface area contributed by atoms with Crippen LogP contribution in [-0.4, -0.2) is 47.5 Å². The highest BCUT2D eigenvalue weighted by atomic mass is 19.1. The van der Waals surface area contributed by atoms with Gasteiger partial charge in [-0.05, 0) is 60.9 Å². The van der Waals surface area contributed by atoms with Crippen molar-refractivity contribution in [3.8, 4) is 0 Å². The molecule has 1 saturated heterocycles. The molecule has 0 radical (unpaired) electrons. The molecule has 0 bridgehead atoms. The SMILES string of the molecule is CNc1cc(C(=O)N2CCO[C@@H](c3cc(Cc4cccc(F)c4)cc(C)n3)C2)ccn1. The lowest BCUT2D eigenvalue weighted by Gasteiger charge is -2.33. The number of carbonyl (C=O) groups is 1. The fourth-order valence-electron chi connectivity index (χ4n) is 3.81. The molecule has 3 aromatic rings. The number of pyridine rings is 2. The summed E-state index contributed by atoms with van der Waals surface area (Å²) in [5, 5.41) is 2.96. The zero-order valence-corrected chi connectivity index (χ0v) is 17.6. The van der Waals surface area contributed by atoms with Gasteiger partial charge in [0, 0.05) is 31.0 Å². The Morgan fingerprint density at radius 2 is 2.10 bits per heavy atom. The van der Waals surface area contributed by atoms with Crippen LogP contribution >= 0.6 is 0 Å². The van der Waals surface area contributed by atoms with Crippen molar-refractivity contribution in [2.45, 2.75) is 19.4 Å². The van der Waals surface area contributed by atoms with Crippen LogP contribution in [0.3, 0.4) is 0 Å². The van der Waals surface area contributed by atoms with E-state index < -0.39 is 0 Å². The Labute approximate surface area is 181 Å². The predicted molar refractivity (Wildman–Crippen MR) is 117 cm³/mol. The lowest BCUT2D eigenvalue weighted by molar-refractivity contribution is -0.0248. The van der Waals surface area contributed by atoms with Crippen molar-refractivity contribution in [1.29, 1.82) is 0 Å². The normalized spacial score (nSPS) is 16.2. The van der Waals surface area contributed by atoms with Crippen LogP contribution in [0.25, 0.3) is 0 Å². The maximum atomic E-state index is 13.5. The molecular formula is C24H25FN4O2. The van der Waals surface area contributed by atoms with Gasteiger partial charge in [-0.2, -0.15) is 0 Å². The lowest BCUT2D eigenvalue weighted by atomic mass is 10.0. The van der Waals surface area contributed by atoms with Crippen LogP contribution < -0.4 is 5.32 Å². The van der Waals surface area contributed by atoms with E-state index in [0.717, 1.165) is 22.5 Å². The number of nitrogens with one attached hydrogen (secondary N) is 1. The Balaban J connectivity index is 1.52. The maximum absolute atomic E-state index is 13.5. The molecule has 0 spiro atoms. The molecule has 1 aliphatic heterocycles. The summed E-state index contributed by atoms with van der Waals surface area (Å²) in [6, 6.07) is 14.1. The van der Waals surface area contributed by atoms with Crippen molar-refractivity contribution in [1.82, 2.24) is 14.9 Å². The summed E-state index contributed by atoms with van der Waals surface area (Å²) in [5.41, 5.74) is 4.17. The van der Waals surface area contributed by atoms with Gasteiger partial charge in [0.2, 0.25) is 0 Å². The number of anilines is 1. The molecule has 0 saturated carbocycles. The molecule has 2 aromatic heterocycles. The number of halogens is 1. The number of ether oxygens (including phenoxy) is 1. The number of benzene rings is 1. The van der Waals surface area contributed by atoms with E-state index in [1.165, 1.54) is 6.07 Å². The van der Waals surface area contributed by atoms with E-state index in [1.807, 2.05) is 25.1 Å². The second kappa shape index (κ2) is 9.22. The van der Waals surface area contributed by atoms with Crippen LogP contribution in [0, 0.1) is 12.7 Å². The molecule has 31 heavy (non-hydrogen) atoms. The van der Waals surface area contributed by atoms with E-state index in [9.17, 15) is 9.18 Å². The number of amides is 1. The molecule has 7 heteroatoms. The van der Waals surface area contributed by atoms with Gasteiger partial charge in [-0.15, -0.1) is 0 Å². The third kappa shape index (κ3) is 5.06. The molecule has 0 unspecified atom stereocenters. The molecule has 4 rings (SSSR count). The van der Waals surface area contributed by atoms with E-state index >= 15 is 0 Å². The Hall–Kier alpha value is -3.32. The van der Waals surface area contributed by atoms with Crippen LogP contribution in [0.15, 0.2) is 54.7 Å². The van der Waals surface area contributed by atoms with Crippen molar-refractivity contribution < 1.29 is 13.9 Å². The minimum absolute atomic E-state index is 0.0557. The molecule has 3 heterocycles. The quantitative estimate of drug-likeness (QED) is 0.681. The number of aromatic nitrogens is 2. The van der Waals surface area contributed by atoms with Crippen molar-refractivity contribution in [2.75, 3.05) is 32.1 Å². The third-order valence-corrected chi connectivity index (χ3v) is 5.28. The molecular weight excluding hydrogens is 395 g/mol. The number of nitrogens with zero attached hydrogens (tertiary/aromatic N) is 3. The molecule has 1 aliphatic rings. The van der Waals surface area contributed by atoms with Crippen LogP contribution in [0.4, 0.5) is 10.2 Å². The molecule has 1 N–H and O–H groups in total. The molecule has 160 valence electrons. The van der Waals surface area contributed by atoms with Gasteiger partial charge in [0.1, 0.15) is 17.7 Å². The molecule has 1 amide bonds. The summed E-state index contributed by atoms with van der Waals surface area (Å²) in [4.78, 5) is 23.6. The summed E-state index contributed by atoms with van der Waals surface area (Å²) in [6.07, 6.45) is 1.92. The van der Waals surface area contributed by atoms with Crippen molar-refractivity contribution in [3.05, 3.63) is 88.6 Å². The average molecular weight is 420 g/mol. The van der Waals surface area contributed by atoms with Gasteiger partial charge in [-0.25, -0.2) is 9.37 Å². The Bertz CT molecular complexity index is 1090. The van der Waals surface area contributed by atoms with E-state index in [0.29, 0.717) is 37.5 Å². The number of aryl methyl sites for hydroxylation is 1. The minimum Gasteiger partial charge on any atom is -0.373 e. The maximum Gasteiger partial charge on any atom is 0.254 e. The van der Waals surface area contributed by atoms with Crippen LogP contribution in [0.5, 0.6) is 0 Å². The molecule has 1 atom stereocenters. The highest BCUT2D eigenvalue weighted by Gasteiger charge is 2.27. The molecule has 1 aromatic carbocycles. The van der Waals surface area contributed by atoms with Gasteiger partial charge in [0.25, 0.3) is 5.91 Å². The number of carbonyl (C=O) groups excluding carboxylic acids is 1. The molecule has 0 aliphatic carbocycles. The van der Waals surface area contributed by atoms with E-state index in [2.05, 4.69) is 15.3 Å². The Morgan fingerprint density at radius 1 is 1.23 bits per heavy atom. The monoisotopic (exact) mass is 420 g/mol. The van der Waals surface area contributed by atoms with Gasteiger partial charge >= 0.3 is 0 Å². The summed E-state index contributed by atoms with van der Waals surface area (Å²) in [5.74, 6) is 0.351. The Morgan fingerprint density at radius 3 is 2.90 bits per heavy atom. The van der Waals surface area contributed by atoms with Crippen LogP contribution in [0.1, 0.15) is 39.0 Å². The first-order valence-corrected chi connectivity index (χ1v) is 10.3. The summed E-state index contributed by atoms with van der Waals surface area (Å²) in [7, 11) is 1.77. The number of hydrogen-bond acceptors (Lipinski definition) is 5. The highest BCUT2D eigenvalue weighted by Crippen LogP contribution is 2.24. The number of rotatable bonds is 5. The van der Waals surface area contributed by atoms with E-state index in [1.54, 1.807) is 42.4 Å². The average Bonchev–Trinajstić information content (AvgIpc) is 2.78. The predicted octanol–water partition coefficient (Wildman–Crippen LogP) is 3.77. The smallest absolute Gasteiger partial charge is 0.254 e. The number of morpholine rings is 1. The summed E-state index contributed by atoms with van der Waals surface area (Å²) >= 11 is 0. The standard InChI is InChI=1S/C24H25FN4O2/c1-16-10-18(11-17-4-3-5-20(25)12-17)13-21(28-16)22-15-29(8-9-31-22)24(30)19-6-7-27-23(14-19)26-2/h3-7,10,12-14,22H,8-9,11,15H2,1-2H3,(H,26,27)/t22-/m1/s1. The fraction of sp³-hybridized carbons (Fsp3) is 0.292. The van der Waals surface area contributed by atoms with E-state index in [-0.39, 0.29) is 17.8 Å². The van der Waals surface area contributed by atoms with Gasteiger partial charge in [-0.3, -0.25) is 9.78 Å². The van der Waals surface area contributed by atoms with Crippen LogP contribution in [-0.2, 0) is 11.2 Å². The van der Waals surface area contributed by atoms with Crippen LogP contribution in [0.2, 0.25) is 0 Å². The second-order valence-electron chi connectivity index (χ2n) is 7.64. The Kier molecular flexibility index (Phi) is 6.23. The number of hydrogen-bond donors (Lipinski definition) is 1. The van der Waals surface area contributed by atoms with Gasteiger partial charge in [0.05, 0.1) is 18.8 Å². The molecule has 1 fully saturated rings. The second-order valence-corrected chi connectivity index (χ2v) is 7.64. The highest BCUT2D eigenvalue weighted by molar-refractivity contribution is 5.94. The fourth-order valence-corrected chi connectivity index (χ4v) is 3.81. The van der Waals surface area contributed by atoms with Gasteiger partial charge in [0.15, 0.2) is 0 Å². The van der Waals surface area contributed by atoms with Crippen molar-refractivity contribution >= 4 is 11.7 Å². The van der Waals surface area contributed by atoms with Crippen molar-refractivity contribution in [2.24, 2.45) is 0 Å². The first-order valence-electron chi connectivity index (χ1n) is 10.3. The van der Waals surface area contributed by atoms with Gasteiger partial charge < -0.3 is 15.0 Å². The lowest BCUT2D eigenvalue weighted by Crippen LogP contribution is -2.42. The topological polar surface area (TPSA) is 67.4 Å².